The average Bonchev–Trinajstić information content (AvgIpc) is 3.20. The summed E-state index contributed by atoms with van der Waals surface area (Å²) < 4.78 is 11.2. The third-order valence-corrected chi connectivity index (χ3v) is 6.43. The minimum Gasteiger partial charge on any atom is -0.450 e. The van der Waals surface area contributed by atoms with E-state index < -0.39 is 11.4 Å². The summed E-state index contributed by atoms with van der Waals surface area (Å²) >= 11 is 0. The van der Waals surface area contributed by atoms with Crippen molar-refractivity contribution in [2.45, 2.75) is 18.9 Å². The van der Waals surface area contributed by atoms with Crippen molar-refractivity contribution in [2.75, 3.05) is 31.7 Å². The third-order valence-electron chi connectivity index (χ3n) is 6.43. The number of fused-ring (bicyclic) bond motifs is 5. The summed E-state index contributed by atoms with van der Waals surface area (Å²) in [4.78, 5) is 44.8. The highest BCUT2D eigenvalue weighted by Crippen LogP contribution is 2.52. The minimum atomic E-state index is -1.59. The summed E-state index contributed by atoms with van der Waals surface area (Å²) in [7, 11) is 1.58. The van der Waals surface area contributed by atoms with Gasteiger partial charge in [-0.25, -0.2) is 0 Å². The number of para-hydroxylation sites is 1. The molecule has 2 amide bonds. The maximum Gasteiger partial charge on any atom is 0.291 e. The normalized spacial score (nSPS) is 19.0. The number of hydrogen-bond donors (Lipinski definition) is 0. The molecular formula is C26H24N2O5. The zero-order valence-corrected chi connectivity index (χ0v) is 18.6. The molecule has 0 fully saturated rings. The van der Waals surface area contributed by atoms with E-state index in [1.54, 1.807) is 30.2 Å². The number of rotatable bonds is 6. The Hall–Kier alpha value is -3.71. The van der Waals surface area contributed by atoms with Crippen LogP contribution in [0.3, 0.4) is 0 Å². The first kappa shape index (κ1) is 21.2. The van der Waals surface area contributed by atoms with Gasteiger partial charge in [0, 0.05) is 32.4 Å². The van der Waals surface area contributed by atoms with Gasteiger partial charge in [-0.1, -0.05) is 35.9 Å². The highest BCUT2D eigenvalue weighted by Gasteiger charge is 2.64. The molecule has 0 bridgehead atoms. The number of amides is 2. The number of hydrogen-bond acceptors (Lipinski definition) is 5. The predicted molar refractivity (Wildman–Crippen MR) is 125 cm³/mol. The van der Waals surface area contributed by atoms with Crippen LogP contribution in [-0.4, -0.2) is 43.5 Å². The van der Waals surface area contributed by atoms with Gasteiger partial charge in [-0.15, -0.1) is 6.58 Å². The van der Waals surface area contributed by atoms with E-state index >= 15 is 0 Å². The van der Waals surface area contributed by atoms with E-state index in [2.05, 4.69) is 6.58 Å². The molecule has 3 aromatic rings. The molecule has 0 radical (unpaired) electrons. The Morgan fingerprint density at radius 1 is 1.15 bits per heavy atom. The second-order valence-corrected chi connectivity index (χ2v) is 8.37. The lowest BCUT2D eigenvalue weighted by molar-refractivity contribution is -0.126. The molecule has 0 saturated heterocycles. The van der Waals surface area contributed by atoms with Crippen molar-refractivity contribution < 1.29 is 18.7 Å². The number of methoxy groups -OCH3 is 1. The van der Waals surface area contributed by atoms with Crippen molar-refractivity contribution in [3.63, 3.8) is 0 Å². The van der Waals surface area contributed by atoms with Gasteiger partial charge in [0.15, 0.2) is 11.0 Å². The molecular weight excluding hydrogens is 420 g/mol. The van der Waals surface area contributed by atoms with Gasteiger partial charge < -0.3 is 19.0 Å². The van der Waals surface area contributed by atoms with E-state index in [-0.39, 0.29) is 35.7 Å². The van der Waals surface area contributed by atoms with E-state index in [9.17, 15) is 14.4 Å². The van der Waals surface area contributed by atoms with Crippen LogP contribution in [0, 0.1) is 6.92 Å². The quantitative estimate of drug-likeness (QED) is 0.430. The zero-order chi connectivity index (χ0) is 23.3. The molecule has 33 heavy (non-hydrogen) atoms. The summed E-state index contributed by atoms with van der Waals surface area (Å²) in [6, 6.07) is 12.5. The first-order chi connectivity index (χ1) is 16.0. The number of nitrogens with zero attached hydrogens (tertiary/aromatic N) is 2. The Balaban J connectivity index is 1.87. The number of anilines is 1. The van der Waals surface area contributed by atoms with Gasteiger partial charge in [-0.3, -0.25) is 14.4 Å². The fraction of sp³-hybridized carbons (Fsp3) is 0.269. The van der Waals surface area contributed by atoms with Crippen molar-refractivity contribution in [2.24, 2.45) is 0 Å². The van der Waals surface area contributed by atoms with E-state index in [0.717, 1.165) is 5.56 Å². The van der Waals surface area contributed by atoms with Crippen LogP contribution < -0.4 is 10.3 Å². The number of ether oxygens (including phenoxy) is 1. The van der Waals surface area contributed by atoms with E-state index in [1.807, 2.05) is 37.3 Å². The smallest absolute Gasteiger partial charge is 0.291 e. The molecule has 0 N–H and O–H groups in total. The Morgan fingerprint density at radius 3 is 2.70 bits per heavy atom. The fourth-order valence-electron chi connectivity index (χ4n) is 5.08. The van der Waals surface area contributed by atoms with Crippen LogP contribution in [0.25, 0.3) is 11.0 Å². The molecule has 5 rings (SSSR count). The highest BCUT2D eigenvalue weighted by atomic mass is 16.5. The van der Waals surface area contributed by atoms with Crippen LogP contribution in [-0.2, 0) is 15.1 Å². The molecule has 2 aromatic carbocycles. The maximum absolute atomic E-state index is 14.2. The Morgan fingerprint density at radius 2 is 1.94 bits per heavy atom. The Kier molecular flexibility index (Phi) is 4.94. The Bertz CT molecular complexity index is 1370. The summed E-state index contributed by atoms with van der Waals surface area (Å²) in [5.74, 6) is -0.894. The lowest BCUT2D eigenvalue weighted by Crippen LogP contribution is -2.53. The molecule has 2 aliphatic heterocycles. The maximum atomic E-state index is 14.2. The van der Waals surface area contributed by atoms with Crippen molar-refractivity contribution in [3.05, 3.63) is 87.8 Å². The molecule has 0 aliphatic carbocycles. The van der Waals surface area contributed by atoms with Crippen LogP contribution in [0.5, 0.6) is 0 Å². The van der Waals surface area contributed by atoms with Crippen LogP contribution in [0.4, 0.5) is 5.69 Å². The van der Waals surface area contributed by atoms with Gasteiger partial charge in [-0.05, 0) is 31.5 Å². The predicted octanol–water partition coefficient (Wildman–Crippen LogP) is 3.37. The number of carbonyl (C=O) groups excluding carboxylic acids is 2. The Labute approximate surface area is 190 Å². The molecule has 1 unspecified atom stereocenters. The van der Waals surface area contributed by atoms with Crippen molar-refractivity contribution in [3.8, 4) is 0 Å². The summed E-state index contributed by atoms with van der Waals surface area (Å²) in [6.07, 6.45) is 2.13. The molecule has 168 valence electrons. The summed E-state index contributed by atoms with van der Waals surface area (Å²) in [5.41, 5.74) is 0.611. The van der Waals surface area contributed by atoms with E-state index in [4.69, 9.17) is 9.15 Å². The van der Waals surface area contributed by atoms with Gasteiger partial charge >= 0.3 is 0 Å². The summed E-state index contributed by atoms with van der Waals surface area (Å²) in [6.45, 7) is 6.56. The molecule has 2 aliphatic rings. The third kappa shape index (κ3) is 2.75. The zero-order valence-electron chi connectivity index (χ0n) is 18.6. The molecule has 0 saturated carbocycles. The van der Waals surface area contributed by atoms with E-state index in [1.165, 1.54) is 4.90 Å². The van der Waals surface area contributed by atoms with Crippen LogP contribution in [0.15, 0.2) is 64.3 Å². The SMILES string of the molecule is C=CCN1C(=O)C2(c3ccccc31)c1c(oc3ccc(C)cc3c1=O)C(=O)N2CCCOC. The van der Waals surface area contributed by atoms with Crippen LogP contribution in [0.1, 0.15) is 33.7 Å². The lowest BCUT2D eigenvalue weighted by Gasteiger charge is -2.34. The monoisotopic (exact) mass is 444 g/mol. The van der Waals surface area contributed by atoms with Crippen molar-refractivity contribution in [1.29, 1.82) is 0 Å². The topological polar surface area (TPSA) is 80.1 Å². The highest BCUT2D eigenvalue weighted by molar-refractivity contribution is 6.17. The molecule has 1 aromatic heterocycles. The number of carbonyl (C=O) groups is 2. The van der Waals surface area contributed by atoms with Crippen LogP contribution in [0.2, 0.25) is 0 Å². The second kappa shape index (κ2) is 7.71. The first-order valence-electron chi connectivity index (χ1n) is 10.9. The second-order valence-electron chi connectivity index (χ2n) is 8.37. The van der Waals surface area contributed by atoms with Gasteiger partial charge in [0.05, 0.1) is 16.6 Å². The molecule has 7 heteroatoms. The average molecular weight is 444 g/mol. The van der Waals surface area contributed by atoms with Gasteiger partial charge in [0.25, 0.3) is 11.8 Å². The van der Waals surface area contributed by atoms with Gasteiger partial charge in [0.2, 0.25) is 5.76 Å². The number of aryl methyl sites for hydroxylation is 1. The van der Waals surface area contributed by atoms with Crippen molar-refractivity contribution >= 4 is 28.5 Å². The standard InChI is InChI=1S/C26H24N2O5/c1-4-12-27-19-9-6-5-8-18(19)26(25(27)31)21-22(29)17-15-16(2)10-11-20(17)33-23(21)24(30)28(26)13-7-14-32-3/h4-6,8-11,15H,1,7,12-14H2,2-3H3. The largest absolute Gasteiger partial charge is 0.450 e. The lowest BCUT2D eigenvalue weighted by atomic mass is 9.84. The summed E-state index contributed by atoms with van der Waals surface area (Å²) in [5, 5.41) is 0.354. The fourth-order valence-corrected chi connectivity index (χ4v) is 5.08. The van der Waals surface area contributed by atoms with Crippen molar-refractivity contribution in [1.82, 2.24) is 4.90 Å². The van der Waals surface area contributed by atoms with Gasteiger partial charge in [0.1, 0.15) is 5.58 Å². The molecule has 1 atom stereocenters. The van der Waals surface area contributed by atoms with E-state index in [0.29, 0.717) is 35.2 Å². The molecule has 1 spiro atoms. The molecule has 7 nitrogen and oxygen atoms in total. The first-order valence-corrected chi connectivity index (χ1v) is 10.9. The minimum absolute atomic E-state index is 0.0719. The van der Waals surface area contributed by atoms with Gasteiger partial charge in [-0.2, -0.15) is 0 Å². The van der Waals surface area contributed by atoms with Crippen LogP contribution >= 0.6 is 0 Å². The molecule has 3 heterocycles. The number of benzene rings is 2.